The molecular formula is C12H22O2. The van der Waals surface area contributed by atoms with E-state index in [0.717, 1.165) is 12.3 Å². The summed E-state index contributed by atoms with van der Waals surface area (Å²) in [6, 6.07) is 0. The number of carbonyl (C=O) groups is 1. The van der Waals surface area contributed by atoms with Gasteiger partial charge in [-0.1, -0.05) is 26.7 Å². The second-order valence-electron chi connectivity index (χ2n) is 4.57. The topological polar surface area (TPSA) is 26.3 Å². The number of hydrogen-bond donors (Lipinski definition) is 0. The van der Waals surface area contributed by atoms with Crippen molar-refractivity contribution in [3.63, 3.8) is 0 Å². The van der Waals surface area contributed by atoms with Crippen LogP contribution in [0.4, 0.5) is 0 Å². The van der Waals surface area contributed by atoms with Gasteiger partial charge >= 0.3 is 0 Å². The van der Waals surface area contributed by atoms with Crippen LogP contribution in [0.1, 0.15) is 46.5 Å². The summed E-state index contributed by atoms with van der Waals surface area (Å²) in [7, 11) is 0. The van der Waals surface area contributed by atoms with Crippen molar-refractivity contribution in [3.05, 3.63) is 0 Å². The molecule has 1 saturated carbocycles. The van der Waals surface area contributed by atoms with Crippen molar-refractivity contribution >= 4 is 5.78 Å². The molecule has 1 aliphatic carbocycles. The van der Waals surface area contributed by atoms with Crippen molar-refractivity contribution in [1.29, 1.82) is 0 Å². The van der Waals surface area contributed by atoms with E-state index in [0.29, 0.717) is 24.7 Å². The molecule has 0 heterocycles. The van der Waals surface area contributed by atoms with E-state index in [9.17, 15) is 4.79 Å². The Morgan fingerprint density at radius 2 is 2.07 bits per heavy atom. The predicted octanol–water partition coefficient (Wildman–Crippen LogP) is 2.81. The van der Waals surface area contributed by atoms with Crippen molar-refractivity contribution in [1.82, 2.24) is 0 Å². The van der Waals surface area contributed by atoms with Gasteiger partial charge in [-0.3, -0.25) is 4.79 Å². The predicted molar refractivity (Wildman–Crippen MR) is 57.2 cm³/mol. The molecule has 0 N–H and O–H groups in total. The van der Waals surface area contributed by atoms with Gasteiger partial charge in [0.1, 0.15) is 6.10 Å². The number of carbonyl (C=O) groups excluding carboxylic acids is 1. The first-order valence-electron chi connectivity index (χ1n) is 5.79. The first kappa shape index (κ1) is 11.7. The maximum Gasteiger partial charge on any atom is 0.161 e. The molecule has 1 aliphatic rings. The summed E-state index contributed by atoms with van der Waals surface area (Å²) in [4.78, 5) is 11.8. The lowest BCUT2D eigenvalue weighted by Gasteiger charge is -2.19. The van der Waals surface area contributed by atoms with E-state index in [1.165, 1.54) is 12.8 Å². The zero-order valence-corrected chi connectivity index (χ0v) is 9.58. The van der Waals surface area contributed by atoms with E-state index in [1.54, 1.807) is 0 Å². The van der Waals surface area contributed by atoms with Gasteiger partial charge in [0.15, 0.2) is 5.78 Å². The van der Waals surface area contributed by atoms with Gasteiger partial charge in [-0.15, -0.1) is 0 Å². The number of ether oxygens (including phenoxy) is 1. The lowest BCUT2D eigenvalue weighted by Crippen LogP contribution is -2.29. The average molecular weight is 198 g/mol. The zero-order valence-electron chi connectivity index (χ0n) is 9.58. The molecule has 0 saturated heterocycles. The van der Waals surface area contributed by atoms with E-state index in [-0.39, 0.29) is 6.10 Å². The maximum atomic E-state index is 11.8. The minimum absolute atomic E-state index is 0.168. The lowest BCUT2D eigenvalue weighted by molar-refractivity contribution is -0.133. The summed E-state index contributed by atoms with van der Waals surface area (Å²) < 4.78 is 5.47. The second kappa shape index (κ2) is 5.50. The van der Waals surface area contributed by atoms with Crippen molar-refractivity contribution in [2.45, 2.75) is 52.6 Å². The molecule has 0 aromatic rings. The summed E-state index contributed by atoms with van der Waals surface area (Å²) >= 11 is 0. The van der Waals surface area contributed by atoms with Crippen molar-refractivity contribution in [2.24, 2.45) is 11.8 Å². The van der Waals surface area contributed by atoms with Gasteiger partial charge < -0.3 is 4.74 Å². The van der Waals surface area contributed by atoms with Crippen LogP contribution in [0.25, 0.3) is 0 Å². The molecule has 2 heteroatoms. The third kappa shape index (κ3) is 3.79. The standard InChI is InChI=1S/C12H22O2/c1-4-14-12(9(2)3)11(13)8-7-10-5-6-10/h9-10,12H,4-8H2,1-3H3. The molecule has 1 atom stereocenters. The molecule has 0 aromatic carbocycles. The van der Waals surface area contributed by atoms with E-state index >= 15 is 0 Å². The third-order valence-electron chi connectivity index (χ3n) is 2.76. The van der Waals surface area contributed by atoms with Crippen LogP contribution in [0.2, 0.25) is 0 Å². The molecule has 1 fully saturated rings. The Labute approximate surface area is 87.0 Å². The smallest absolute Gasteiger partial charge is 0.161 e. The Kier molecular flexibility index (Phi) is 4.59. The summed E-state index contributed by atoms with van der Waals surface area (Å²) in [5, 5.41) is 0. The Balaban J connectivity index is 2.28. The largest absolute Gasteiger partial charge is 0.370 e. The van der Waals surface area contributed by atoms with Crippen LogP contribution in [0, 0.1) is 11.8 Å². The van der Waals surface area contributed by atoms with Crippen LogP contribution >= 0.6 is 0 Å². The summed E-state index contributed by atoms with van der Waals surface area (Å²) in [5.74, 6) is 1.45. The number of hydrogen-bond acceptors (Lipinski definition) is 2. The number of Topliss-reactive ketones (excluding diaryl/α,β-unsaturated/α-hetero) is 1. The van der Waals surface area contributed by atoms with Crippen LogP contribution in [-0.2, 0) is 9.53 Å². The minimum Gasteiger partial charge on any atom is -0.370 e. The van der Waals surface area contributed by atoms with Crippen LogP contribution in [-0.4, -0.2) is 18.5 Å². The van der Waals surface area contributed by atoms with E-state index in [1.807, 2.05) is 6.92 Å². The lowest BCUT2D eigenvalue weighted by atomic mass is 9.99. The van der Waals surface area contributed by atoms with Gasteiger partial charge in [0.2, 0.25) is 0 Å². The monoisotopic (exact) mass is 198 g/mol. The Hall–Kier alpha value is -0.370. The van der Waals surface area contributed by atoms with Gasteiger partial charge in [0.05, 0.1) is 0 Å². The van der Waals surface area contributed by atoms with Gasteiger partial charge in [-0.2, -0.15) is 0 Å². The first-order valence-corrected chi connectivity index (χ1v) is 5.79. The highest BCUT2D eigenvalue weighted by Gasteiger charge is 2.26. The Morgan fingerprint density at radius 3 is 2.50 bits per heavy atom. The fourth-order valence-corrected chi connectivity index (χ4v) is 1.73. The van der Waals surface area contributed by atoms with Crippen molar-refractivity contribution < 1.29 is 9.53 Å². The molecule has 0 spiro atoms. The average Bonchev–Trinajstić information content (AvgIpc) is 2.93. The van der Waals surface area contributed by atoms with Gasteiger partial charge in [-0.25, -0.2) is 0 Å². The highest BCUT2D eigenvalue weighted by atomic mass is 16.5. The van der Waals surface area contributed by atoms with E-state index in [4.69, 9.17) is 4.74 Å². The molecule has 0 amide bonds. The quantitative estimate of drug-likeness (QED) is 0.628. The zero-order chi connectivity index (χ0) is 10.6. The molecule has 0 aliphatic heterocycles. The fourth-order valence-electron chi connectivity index (χ4n) is 1.73. The first-order chi connectivity index (χ1) is 6.65. The number of rotatable bonds is 7. The van der Waals surface area contributed by atoms with E-state index in [2.05, 4.69) is 13.8 Å². The van der Waals surface area contributed by atoms with Crippen LogP contribution in [0.3, 0.4) is 0 Å². The molecule has 0 bridgehead atoms. The molecule has 14 heavy (non-hydrogen) atoms. The molecule has 1 unspecified atom stereocenters. The molecular weight excluding hydrogens is 176 g/mol. The van der Waals surface area contributed by atoms with Crippen LogP contribution < -0.4 is 0 Å². The van der Waals surface area contributed by atoms with Crippen molar-refractivity contribution in [3.8, 4) is 0 Å². The van der Waals surface area contributed by atoms with E-state index < -0.39 is 0 Å². The van der Waals surface area contributed by atoms with Crippen LogP contribution in [0.15, 0.2) is 0 Å². The summed E-state index contributed by atoms with van der Waals surface area (Å²) in [6.45, 7) is 6.69. The molecule has 0 radical (unpaired) electrons. The van der Waals surface area contributed by atoms with Gasteiger partial charge in [0, 0.05) is 13.0 Å². The normalized spacial score (nSPS) is 18.6. The minimum atomic E-state index is -0.168. The maximum absolute atomic E-state index is 11.8. The van der Waals surface area contributed by atoms with Gasteiger partial charge in [-0.05, 0) is 25.2 Å². The number of ketones is 1. The highest BCUT2D eigenvalue weighted by Crippen LogP contribution is 2.33. The molecule has 0 aromatic heterocycles. The summed E-state index contributed by atoms with van der Waals surface area (Å²) in [5.41, 5.74) is 0. The Bertz CT molecular complexity index is 183. The third-order valence-corrected chi connectivity index (χ3v) is 2.76. The molecule has 82 valence electrons. The molecule has 2 nitrogen and oxygen atoms in total. The van der Waals surface area contributed by atoms with Crippen molar-refractivity contribution in [2.75, 3.05) is 6.61 Å². The SMILES string of the molecule is CCOC(C(=O)CCC1CC1)C(C)C. The Morgan fingerprint density at radius 1 is 1.43 bits per heavy atom. The van der Waals surface area contributed by atoms with Gasteiger partial charge in [0.25, 0.3) is 0 Å². The van der Waals surface area contributed by atoms with Crippen LogP contribution in [0.5, 0.6) is 0 Å². The fraction of sp³-hybridized carbons (Fsp3) is 0.917. The second-order valence-corrected chi connectivity index (χ2v) is 4.57. The summed E-state index contributed by atoms with van der Waals surface area (Å²) in [6.07, 6.45) is 4.28. The molecule has 1 rings (SSSR count). The highest BCUT2D eigenvalue weighted by molar-refractivity contribution is 5.83.